The van der Waals surface area contributed by atoms with Gasteiger partial charge in [-0.25, -0.2) is 4.98 Å². The van der Waals surface area contributed by atoms with Gasteiger partial charge in [0.1, 0.15) is 11.9 Å². The highest BCUT2D eigenvalue weighted by Crippen LogP contribution is 2.24. The third-order valence-corrected chi connectivity index (χ3v) is 4.50. The van der Waals surface area contributed by atoms with Gasteiger partial charge in [0.15, 0.2) is 0 Å². The van der Waals surface area contributed by atoms with Crippen molar-refractivity contribution in [3.8, 4) is 0 Å². The standard InChI is InChI=1S/C15H19ClIN3O/c1-4-19(3)15(21)10(2)20-13-6-5-11(17)9-12(13)18-14(20)7-8-16/h5-6,9-10H,4,7-8H2,1-3H3. The molecule has 0 spiro atoms. The van der Waals surface area contributed by atoms with E-state index in [9.17, 15) is 4.79 Å². The normalized spacial score (nSPS) is 12.6. The summed E-state index contributed by atoms with van der Waals surface area (Å²) in [6.07, 6.45) is 0.653. The summed E-state index contributed by atoms with van der Waals surface area (Å²) >= 11 is 8.16. The monoisotopic (exact) mass is 419 g/mol. The molecule has 1 heterocycles. The lowest BCUT2D eigenvalue weighted by molar-refractivity contribution is -0.132. The van der Waals surface area contributed by atoms with Gasteiger partial charge in [-0.15, -0.1) is 11.6 Å². The molecule has 21 heavy (non-hydrogen) atoms. The van der Waals surface area contributed by atoms with E-state index in [1.165, 1.54) is 0 Å². The zero-order valence-corrected chi connectivity index (χ0v) is 15.3. The predicted octanol–water partition coefficient (Wildman–Crippen LogP) is 3.46. The quantitative estimate of drug-likeness (QED) is 0.550. The Kier molecular flexibility index (Phi) is 5.48. The van der Waals surface area contributed by atoms with Crippen LogP contribution in [0, 0.1) is 3.57 Å². The second-order valence-electron chi connectivity index (χ2n) is 5.00. The van der Waals surface area contributed by atoms with E-state index in [0.717, 1.165) is 20.4 Å². The number of benzene rings is 1. The first-order chi connectivity index (χ1) is 9.99. The molecule has 2 aromatic rings. The number of aromatic nitrogens is 2. The second-order valence-corrected chi connectivity index (χ2v) is 6.62. The van der Waals surface area contributed by atoms with Gasteiger partial charge >= 0.3 is 0 Å². The van der Waals surface area contributed by atoms with Crippen molar-refractivity contribution in [3.63, 3.8) is 0 Å². The molecule has 114 valence electrons. The number of aryl methyl sites for hydroxylation is 1. The number of alkyl halides is 1. The zero-order valence-electron chi connectivity index (χ0n) is 12.4. The van der Waals surface area contributed by atoms with Gasteiger partial charge in [-0.2, -0.15) is 0 Å². The Labute approximate surface area is 143 Å². The molecule has 0 fully saturated rings. The average molecular weight is 420 g/mol. The fourth-order valence-corrected chi connectivity index (χ4v) is 3.04. The number of imidazole rings is 1. The Balaban J connectivity index is 2.54. The SMILES string of the molecule is CCN(C)C(=O)C(C)n1c(CCCl)nc2cc(I)ccc21. The van der Waals surface area contributed by atoms with Crippen molar-refractivity contribution in [2.24, 2.45) is 0 Å². The van der Waals surface area contributed by atoms with Crippen LogP contribution in [0.25, 0.3) is 11.0 Å². The van der Waals surface area contributed by atoms with Crippen LogP contribution < -0.4 is 0 Å². The van der Waals surface area contributed by atoms with Gasteiger partial charge in [-0.1, -0.05) is 0 Å². The van der Waals surface area contributed by atoms with E-state index in [1.54, 1.807) is 4.90 Å². The van der Waals surface area contributed by atoms with Gasteiger partial charge in [0, 0.05) is 29.5 Å². The van der Waals surface area contributed by atoms with Gasteiger partial charge in [0.05, 0.1) is 11.0 Å². The van der Waals surface area contributed by atoms with E-state index >= 15 is 0 Å². The van der Waals surface area contributed by atoms with Crippen molar-refractivity contribution in [1.82, 2.24) is 14.5 Å². The average Bonchev–Trinajstić information content (AvgIpc) is 2.82. The maximum absolute atomic E-state index is 12.5. The van der Waals surface area contributed by atoms with Crippen LogP contribution in [0.1, 0.15) is 25.7 Å². The van der Waals surface area contributed by atoms with Crippen molar-refractivity contribution in [3.05, 3.63) is 27.6 Å². The molecular weight excluding hydrogens is 401 g/mol. The summed E-state index contributed by atoms with van der Waals surface area (Å²) in [5.74, 6) is 1.45. The van der Waals surface area contributed by atoms with Crippen molar-refractivity contribution in [1.29, 1.82) is 0 Å². The fourth-order valence-electron chi connectivity index (χ4n) is 2.40. The fraction of sp³-hybridized carbons (Fsp3) is 0.467. The Morgan fingerprint density at radius 2 is 2.24 bits per heavy atom. The molecule has 1 aromatic heterocycles. The highest BCUT2D eigenvalue weighted by atomic mass is 127. The number of likely N-dealkylation sites (N-methyl/N-ethyl adjacent to an activating group) is 1. The zero-order chi connectivity index (χ0) is 15.6. The number of hydrogen-bond donors (Lipinski definition) is 0. The highest BCUT2D eigenvalue weighted by Gasteiger charge is 2.23. The molecule has 0 saturated heterocycles. The van der Waals surface area contributed by atoms with Crippen molar-refractivity contribution >= 4 is 51.1 Å². The summed E-state index contributed by atoms with van der Waals surface area (Å²) in [5.41, 5.74) is 1.90. The minimum Gasteiger partial charge on any atom is -0.344 e. The number of fused-ring (bicyclic) bond motifs is 1. The molecular formula is C15H19ClIN3O. The highest BCUT2D eigenvalue weighted by molar-refractivity contribution is 14.1. The molecule has 1 aromatic carbocycles. The van der Waals surface area contributed by atoms with E-state index in [0.29, 0.717) is 18.8 Å². The molecule has 2 rings (SSSR count). The molecule has 0 aliphatic rings. The number of hydrogen-bond acceptors (Lipinski definition) is 2. The van der Waals surface area contributed by atoms with Crippen LogP contribution in [-0.4, -0.2) is 39.8 Å². The van der Waals surface area contributed by atoms with Gasteiger partial charge in [-0.05, 0) is 54.6 Å². The molecule has 1 atom stereocenters. The molecule has 0 saturated carbocycles. The third kappa shape index (κ3) is 3.34. The van der Waals surface area contributed by atoms with Crippen LogP contribution in [0.3, 0.4) is 0 Å². The van der Waals surface area contributed by atoms with E-state index in [4.69, 9.17) is 11.6 Å². The van der Waals surface area contributed by atoms with Gasteiger partial charge in [0.2, 0.25) is 5.91 Å². The summed E-state index contributed by atoms with van der Waals surface area (Å²) in [6.45, 7) is 4.59. The summed E-state index contributed by atoms with van der Waals surface area (Å²) < 4.78 is 3.15. The summed E-state index contributed by atoms with van der Waals surface area (Å²) in [6, 6.07) is 5.81. The molecule has 0 aliphatic heterocycles. The minimum absolute atomic E-state index is 0.0890. The molecule has 0 radical (unpaired) electrons. The number of amides is 1. The van der Waals surface area contributed by atoms with Crippen molar-refractivity contribution in [2.75, 3.05) is 19.5 Å². The molecule has 1 unspecified atom stereocenters. The summed E-state index contributed by atoms with van der Waals surface area (Å²) in [5, 5.41) is 0. The molecule has 0 N–H and O–H groups in total. The smallest absolute Gasteiger partial charge is 0.245 e. The second kappa shape index (κ2) is 6.96. The molecule has 6 heteroatoms. The third-order valence-electron chi connectivity index (χ3n) is 3.64. The van der Waals surface area contributed by atoms with Gasteiger partial charge in [0.25, 0.3) is 0 Å². The van der Waals surface area contributed by atoms with E-state index in [-0.39, 0.29) is 11.9 Å². The lowest BCUT2D eigenvalue weighted by atomic mass is 10.2. The van der Waals surface area contributed by atoms with Crippen LogP contribution in [0.5, 0.6) is 0 Å². The molecule has 0 bridgehead atoms. The summed E-state index contributed by atoms with van der Waals surface area (Å²) in [7, 11) is 1.82. The molecule has 4 nitrogen and oxygen atoms in total. The minimum atomic E-state index is -0.279. The first-order valence-corrected chi connectivity index (χ1v) is 8.58. The van der Waals surface area contributed by atoms with Crippen LogP contribution in [0.2, 0.25) is 0 Å². The Morgan fingerprint density at radius 3 is 2.86 bits per heavy atom. The first-order valence-electron chi connectivity index (χ1n) is 6.96. The molecule has 0 aliphatic carbocycles. The van der Waals surface area contributed by atoms with Crippen LogP contribution in [-0.2, 0) is 11.2 Å². The number of halogens is 2. The lowest BCUT2D eigenvalue weighted by Gasteiger charge is -2.22. The van der Waals surface area contributed by atoms with Crippen molar-refractivity contribution in [2.45, 2.75) is 26.3 Å². The topological polar surface area (TPSA) is 38.1 Å². The van der Waals surface area contributed by atoms with E-state index in [2.05, 4.69) is 27.6 Å². The Bertz CT molecular complexity index is 656. The maximum Gasteiger partial charge on any atom is 0.245 e. The number of rotatable bonds is 5. The molecule has 1 amide bonds. The largest absolute Gasteiger partial charge is 0.344 e. The van der Waals surface area contributed by atoms with E-state index in [1.807, 2.05) is 43.7 Å². The lowest BCUT2D eigenvalue weighted by Crippen LogP contribution is -2.33. The number of carbonyl (C=O) groups is 1. The van der Waals surface area contributed by atoms with Gasteiger partial charge < -0.3 is 9.47 Å². The van der Waals surface area contributed by atoms with E-state index < -0.39 is 0 Å². The Morgan fingerprint density at radius 1 is 1.52 bits per heavy atom. The summed E-state index contributed by atoms with van der Waals surface area (Å²) in [4.78, 5) is 18.9. The number of carbonyl (C=O) groups excluding carboxylic acids is 1. The number of nitrogens with zero attached hydrogens (tertiary/aromatic N) is 3. The van der Waals surface area contributed by atoms with Crippen LogP contribution >= 0.6 is 34.2 Å². The van der Waals surface area contributed by atoms with Crippen LogP contribution in [0.15, 0.2) is 18.2 Å². The van der Waals surface area contributed by atoms with Gasteiger partial charge in [-0.3, -0.25) is 4.79 Å². The first kappa shape index (κ1) is 16.5. The maximum atomic E-state index is 12.5. The Hall–Kier alpha value is -0.820. The predicted molar refractivity (Wildman–Crippen MR) is 94.9 cm³/mol. The van der Waals surface area contributed by atoms with Crippen molar-refractivity contribution < 1.29 is 4.79 Å². The van der Waals surface area contributed by atoms with Crippen LogP contribution in [0.4, 0.5) is 0 Å².